The van der Waals surface area contributed by atoms with Crippen molar-refractivity contribution in [3.05, 3.63) is 35.3 Å². The Balaban J connectivity index is 2.23. The van der Waals surface area contributed by atoms with Gasteiger partial charge in [0.1, 0.15) is 5.01 Å². The number of anilines is 1. The lowest BCUT2D eigenvalue weighted by molar-refractivity contribution is 0.0691. The summed E-state index contributed by atoms with van der Waals surface area (Å²) in [4.78, 5) is 14.8. The molecule has 17 heavy (non-hydrogen) atoms. The Morgan fingerprint density at radius 2 is 2.12 bits per heavy atom. The van der Waals surface area contributed by atoms with Crippen molar-refractivity contribution in [3.63, 3.8) is 0 Å². The van der Waals surface area contributed by atoms with Crippen LogP contribution < -0.4 is 5.32 Å². The lowest BCUT2D eigenvalue weighted by atomic mass is 10.2. The molecule has 0 radical (unpaired) electrons. The molecule has 1 heterocycles. The number of nitrogens with zero attached hydrogens (tertiary/aromatic N) is 1. The van der Waals surface area contributed by atoms with Gasteiger partial charge in [-0.25, -0.2) is 9.78 Å². The lowest BCUT2D eigenvalue weighted by Gasteiger charge is -2.03. The number of rotatable bonds is 4. The molecule has 2 N–H and O–H groups in total. The second-order valence-electron chi connectivity index (χ2n) is 3.45. The average Bonchev–Trinajstić information content (AvgIpc) is 2.80. The normalized spacial score (nSPS) is 10.2. The molecule has 0 aliphatic heterocycles. The molecule has 4 nitrogen and oxygen atoms in total. The van der Waals surface area contributed by atoms with Crippen molar-refractivity contribution in [2.75, 3.05) is 11.9 Å². The Kier molecular flexibility index (Phi) is 3.39. The highest BCUT2D eigenvalue weighted by molar-refractivity contribution is 7.13. The molecule has 0 spiro atoms. The first kappa shape index (κ1) is 11.6. The topological polar surface area (TPSA) is 62.2 Å². The van der Waals surface area contributed by atoms with Gasteiger partial charge in [0.15, 0.2) is 5.69 Å². The zero-order chi connectivity index (χ0) is 12.3. The summed E-state index contributed by atoms with van der Waals surface area (Å²) in [6.45, 7) is 2.91. The number of aromatic nitrogens is 1. The Morgan fingerprint density at radius 1 is 1.41 bits per heavy atom. The smallest absolute Gasteiger partial charge is 0.355 e. The third kappa shape index (κ3) is 2.62. The molecule has 0 atom stereocenters. The summed E-state index contributed by atoms with van der Waals surface area (Å²) in [6, 6.07) is 7.78. The molecule has 0 unspecified atom stereocenters. The van der Waals surface area contributed by atoms with E-state index in [2.05, 4.69) is 10.3 Å². The summed E-state index contributed by atoms with van der Waals surface area (Å²) in [5.74, 6) is -0.989. The molecule has 2 aromatic rings. The van der Waals surface area contributed by atoms with Crippen molar-refractivity contribution in [2.24, 2.45) is 0 Å². The minimum Gasteiger partial charge on any atom is -0.476 e. The Morgan fingerprint density at radius 3 is 2.65 bits per heavy atom. The van der Waals surface area contributed by atoms with Gasteiger partial charge >= 0.3 is 5.97 Å². The first-order valence-electron chi connectivity index (χ1n) is 5.24. The van der Waals surface area contributed by atoms with Crippen LogP contribution in [0.3, 0.4) is 0 Å². The van der Waals surface area contributed by atoms with Crippen LogP contribution in [0.25, 0.3) is 10.6 Å². The maximum atomic E-state index is 10.7. The molecular formula is C12H12N2O2S. The van der Waals surface area contributed by atoms with Gasteiger partial charge in [-0.3, -0.25) is 0 Å². The molecule has 0 aliphatic rings. The molecule has 0 saturated heterocycles. The molecule has 0 aliphatic carbocycles. The van der Waals surface area contributed by atoms with Gasteiger partial charge < -0.3 is 10.4 Å². The average molecular weight is 248 g/mol. The number of hydrogen-bond acceptors (Lipinski definition) is 4. The number of thiazole rings is 1. The summed E-state index contributed by atoms with van der Waals surface area (Å²) in [5, 5.41) is 14.3. The standard InChI is InChI=1S/C12H12N2O2S/c1-2-13-9-5-3-8(4-6-9)11-14-10(7-17-11)12(15)16/h3-7,13H,2H2,1H3,(H,15,16). The molecule has 1 aromatic heterocycles. The summed E-state index contributed by atoms with van der Waals surface area (Å²) in [5.41, 5.74) is 2.08. The second-order valence-corrected chi connectivity index (χ2v) is 4.31. The largest absolute Gasteiger partial charge is 0.476 e. The first-order chi connectivity index (χ1) is 8.20. The summed E-state index contributed by atoms with van der Waals surface area (Å²) >= 11 is 1.34. The van der Waals surface area contributed by atoms with Gasteiger partial charge in [0.05, 0.1) is 0 Å². The predicted molar refractivity (Wildman–Crippen MR) is 68.7 cm³/mol. The van der Waals surface area contributed by atoms with Crippen LogP contribution in [-0.2, 0) is 0 Å². The molecule has 1 aromatic carbocycles. The van der Waals surface area contributed by atoms with E-state index in [-0.39, 0.29) is 5.69 Å². The van der Waals surface area contributed by atoms with E-state index < -0.39 is 5.97 Å². The molecule has 0 saturated carbocycles. The predicted octanol–water partition coefficient (Wildman–Crippen LogP) is 2.94. The fraction of sp³-hybridized carbons (Fsp3) is 0.167. The minimum absolute atomic E-state index is 0.0979. The van der Waals surface area contributed by atoms with Crippen molar-refractivity contribution in [1.82, 2.24) is 4.98 Å². The molecular weight excluding hydrogens is 236 g/mol. The van der Waals surface area contributed by atoms with Crippen LogP contribution in [0.1, 0.15) is 17.4 Å². The molecule has 0 bridgehead atoms. The van der Waals surface area contributed by atoms with Crippen LogP contribution in [0.15, 0.2) is 29.6 Å². The van der Waals surface area contributed by atoms with E-state index in [0.717, 1.165) is 22.8 Å². The third-order valence-electron chi connectivity index (χ3n) is 2.24. The molecule has 0 fully saturated rings. The first-order valence-corrected chi connectivity index (χ1v) is 6.12. The zero-order valence-corrected chi connectivity index (χ0v) is 10.1. The number of carboxylic acids is 1. The SMILES string of the molecule is CCNc1ccc(-c2nc(C(=O)O)cs2)cc1. The second kappa shape index (κ2) is 4.97. The zero-order valence-electron chi connectivity index (χ0n) is 9.30. The quantitative estimate of drug-likeness (QED) is 0.873. The number of benzene rings is 1. The number of nitrogens with one attached hydrogen (secondary N) is 1. The van der Waals surface area contributed by atoms with E-state index in [9.17, 15) is 4.79 Å². The van der Waals surface area contributed by atoms with E-state index in [1.54, 1.807) is 5.38 Å². The minimum atomic E-state index is -0.989. The fourth-order valence-corrected chi connectivity index (χ4v) is 2.24. The highest BCUT2D eigenvalue weighted by Crippen LogP contribution is 2.25. The summed E-state index contributed by atoms with van der Waals surface area (Å²) in [6.07, 6.45) is 0. The van der Waals surface area contributed by atoms with Gasteiger partial charge in [-0.2, -0.15) is 0 Å². The van der Waals surface area contributed by atoms with Crippen molar-refractivity contribution in [2.45, 2.75) is 6.92 Å². The summed E-state index contributed by atoms with van der Waals surface area (Å²) in [7, 11) is 0. The van der Waals surface area contributed by atoms with Gasteiger partial charge in [-0.05, 0) is 31.2 Å². The van der Waals surface area contributed by atoms with Gasteiger partial charge in [-0.15, -0.1) is 11.3 Å². The van der Waals surface area contributed by atoms with Crippen molar-refractivity contribution in [1.29, 1.82) is 0 Å². The lowest BCUT2D eigenvalue weighted by Crippen LogP contribution is -1.96. The number of aromatic carboxylic acids is 1. The molecule has 2 rings (SSSR count). The van der Waals surface area contributed by atoms with E-state index in [0.29, 0.717) is 0 Å². The van der Waals surface area contributed by atoms with Crippen molar-refractivity contribution >= 4 is 23.0 Å². The van der Waals surface area contributed by atoms with Crippen molar-refractivity contribution in [3.8, 4) is 10.6 Å². The van der Waals surface area contributed by atoms with Gasteiger partial charge in [0, 0.05) is 23.2 Å². The molecule has 0 amide bonds. The highest BCUT2D eigenvalue weighted by Gasteiger charge is 2.09. The Hall–Kier alpha value is -1.88. The van der Waals surface area contributed by atoms with Crippen molar-refractivity contribution < 1.29 is 9.90 Å². The van der Waals surface area contributed by atoms with Gasteiger partial charge in [0.25, 0.3) is 0 Å². The molecule has 5 heteroatoms. The van der Waals surface area contributed by atoms with Crippen LogP contribution in [0, 0.1) is 0 Å². The van der Waals surface area contributed by atoms with Crippen LogP contribution in [0.2, 0.25) is 0 Å². The summed E-state index contributed by atoms with van der Waals surface area (Å²) < 4.78 is 0. The maximum Gasteiger partial charge on any atom is 0.355 e. The molecule has 88 valence electrons. The number of carboxylic acid groups (broad SMARTS) is 1. The van der Waals surface area contributed by atoms with Gasteiger partial charge in [0.2, 0.25) is 0 Å². The van der Waals surface area contributed by atoms with E-state index >= 15 is 0 Å². The van der Waals surface area contributed by atoms with E-state index in [1.165, 1.54) is 11.3 Å². The number of hydrogen-bond donors (Lipinski definition) is 2. The number of carbonyl (C=O) groups is 1. The van der Waals surface area contributed by atoms with E-state index in [4.69, 9.17) is 5.11 Å². The van der Waals surface area contributed by atoms with Crippen LogP contribution >= 0.6 is 11.3 Å². The maximum absolute atomic E-state index is 10.7. The fourth-order valence-electron chi connectivity index (χ4n) is 1.44. The Labute approximate surface area is 103 Å². The highest BCUT2D eigenvalue weighted by atomic mass is 32.1. The Bertz CT molecular complexity index is 520. The van der Waals surface area contributed by atoms with Crippen LogP contribution in [0.5, 0.6) is 0 Å². The van der Waals surface area contributed by atoms with Gasteiger partial charge in [-0.1, -0.05) is 0 Å². The third-order valence-corrected chi connectivity index (χ3v) is 3.13. The van der Waals surface area contributed by atoms with Crippen LogP contribution in [0.4, 0.5) is 5.69 Å². The van der Waals surface area contributed by atoms with E-state index in [1.807, 2.05) is 31.2 Å². The van der Waals surface area contributed by atoms with Crippen LogP contribution in [-0.4, -0.2) is 22.6 Å². The monoisotopic (exact) mass is 248 g/mol.